The summed E-state index contributed by atoms with van der Waals surface area (Å²) in [6.45, 7) is 2.83. The first kappa shape index (κ1) is 17.9. The second-order valence-corrected chi connectivity index (χ2v) is 6.63. The van der Waals surface area contributed by atoms with E-state index in [-0.39, 0.29) is 18.6 Å². The van der Waals surface area contributed by atoms with Crippen LogP contribution >= 0.6 is 11.8 Å². The molecule has 1 unspecified atom stereocenters. The fourth-order valence-electron chi connectivity index (χ4n) is 2.39. The molecule has 1 aromatic rings. The van der Waals surface area contributed by atoms with E-state index in [2.05, 4.69) is 5.32 Å². The number of hydrogen-bond donors (Lipinski definition) is 2. The Kier molecular flexibility index (Phi) is 5.80. The number of urea groups is 1. The molecule has 1 fully saturated rings. The minimum absolute atomic E-state index is 0.0287. The van der Waals surface area contributed by atoms with Crippen LogP contribution in [0.2, 0.25) is 0 Å². The zero-order valence-electron chi connectivity index (χ0n) is 12.7. The van der Waals surface area contributed by atoms with Crippen LogP contribution < -0.4 is 5.32 Å². The lowest BCUT2D eigenvalue weighted by atomic mass is 10.1. The lowest BCUT2D eigenvalue weighted by molar-refractivity contribution is -0.105. The number of nitrogens with zero attached hydrogens (tertiary/aromatic N) is 1. The Morgan fingerprint density at radius 1 is 1.48 bits per heavy atom. The third kappa shape index (κ3) is 5.31. The number of amides is 2. The molecule has 1 aromatic carbocycles. The lowest BCUT2D eigenvalue weighted by Crippen LogP contribution is -2.33. The number of benzene rings is 1. The summed E-state index contributed by atoms with van der Waals surface area (Å²) in [4.78, 5) is 14.2. The van der Waals surface area contributed by atoms with E-state index in [0.717, 1.165) is 12.0 Å². The number of aliphatic hydroxyl groups excluding tert-OH is 1. The van der Waals surface area contributed by atoms with E-state index < -0.39 is 11.9 Å². The highest BCUT2D eigenvalue weighted by molar-refractivity contribution is 7.99. The lowest BCUT2D eigenvalue weighted by Gasteiger charge is -2.19. The number of nitrogens with one attached hydrogen (secondary N) is 1. The molecular formula is C15H19F3N2O2S. The van der Waals surface area contributed by atoms with Crippen LogP contribution in [-0.2, 0) is 0 Å². The summed E-state index contributed by atoms with van der Waals surface area (Å²) in [6, 6.07) is 4.62. The highest BCUT2D eigenvalue weighted by Crippen LogP contribution is 2.33. The summed E-state index contributed by atoms with van der Waals surface area (Å²) in [7, 11) is 0. The van der Waals surface area contributed by atoms with Crippen LogP contribution in [0.15, 0.2) is 23.1 Å². The molecule has 0 radical (unpaired) electrons. The van der Waals surface area contributed by atoms with E-state index in [9.17, 15) is 18.0 Å². The second-order valence-electron chi connectivity index (χ2n) is 5.62. The number of alkyl halides is 3. The van der Waals surface area contributed by atoms with Gasteiger partial charge in [0.15, 0.2) is 0 Å². The molecule has 1 aliphatic heterocycles. The Hall–Kier alpha value is -1.41. The SMILES string of the molecule is Cc1ccc(SCC(F)(F)F)c(NC(=O)N2CCC(CO)C2)c1. The van der Waals surface area contributed by atoms with Gasteiger partial charge in [-0.2, -0.15) is 13.2 Å². The Labute approximate surface area is 137 Å². The Morgan fingerprint density at radius 3 is 2.83 bits per heavy atom. The molecule has 4 nitrogen and oxygen atoms in total. The molecule has 23 heavy (non-hydrogen) atoms. The van der Waals surface area contributed by atoms with Crippen molar-refractivity contribution in [1.29, 1.82) is 0 Å². The van der Waals surface area contributed by atoms with E-state index in [1.165, 1.54) is 0 Å². The van der Waals surface area contributed by atoms with Crippen molar-refractivity contribution in [2.75, 3.05) is 30.8 Å². The molecule has 2 N–H and O–H groups in total. The molecule has 1 aliphatic rings. The maximum Gasteiger partial charge on any atom is 0.398 e. The summed E-state index contributed by atoms with van der Waals surface area (Å²) < 4.78 is 37.2. The van der Waals surface area contributed by atoms with Gasteiger partial charge in [-0.05, 0) is 31.0 Å². The van der Waals surface area contributed by atoms with Crippen molar-refractivity contribution < 1.29 is 23.1 Å². The highest BCUT2D eigenvalue weighted by Gasteiger charge is 2.29. The number of anilines is 1. The molecule has 128 valence electrons. The van der Waals surface area contributed by atoms with Crippen molar-refractivity contribution in [3.63, 3.8) is 0 Å². The maximum absolute atomic E-state index is 12.4. The molecule has 8 heteroatoms. The maximum atomic E-state index is 12.4. The van der Waals surface area contributed by atoms with Gasteiger partial charge in [0.1, 0.15) is 0 Å². The molecule has 0 aliphatic carbocycles. The zero-order valence-corrected chi connectivity index (χ0v) is 13.5. The van der Waals surface area contributed by atoms with E-state index in [4.69, 9.17) is 5.11 Å². The normalized spacial score (nSPS) is 18.3. The molecule has 2 amide bonds. The summed E-state index contributed by atoms with van der Waals surface area (Å²) in [5.41, 5.74) is 1.24. The average molecular weight is 348 g/mol. The van der Waals surface area contributed by atoms with Crippen molar-refractivity contribution in [1.82, 2.24) is 4.90 Å². The minimum atomic E-state index is -4.26. The summed E-state index contributed by atoms with van der Waals surface area (Å²) in [5.74, 6) is -0.938. The fourth-order valence-corrected chi connectivity index (χ4v) is 3.14. The zero-order chi connectivity index (χ0) is 17.0. The Balaban J connectivity index is 2.06. The number of halogens is 3. The molecule has 1 heterocycles. The van der Waals surface area contributed by atoms with Gasteiger partial charge in [-0.15, -0.1) is 11.8 Å². The van der Waals surface area contributed by atoms with E-state index in [0.29, 0.717) is 35.4 Å². The van der Waals surface area contributed by atoms with Gasteiger partial charge < -0.3 is 15.3 Å². The minimum Gasteiger partial charge on any atom is -0.396 e. The van der Waals surface area contributed by atoms with E-state index >= 15 is 0 Å². The van der Waals surface area contributed by atoms with Crippen molar-refractivity contribution >= 4 is 23.5 Å². The molecule has 2 rings (SSSR count). The monoisotopic (exact) mass is 348 g/mol. The molecule has 0 aromatic heterocycles. The quantitative estimate of drug-likeness (QED) is 0.819. The largest absolute Gasteiger partial charge is 0.398 e. The number of aliphatic hydroxyl groups is 1. The Bertz CT molecular complexity index is 566. The van der Waals surface area contributed by atoms with Crippen molar-refractivity contribution in [3.05, 3.63) is 23.8 Å². The third-order valence-corrected chi connectivity index (χ3v) is 4.74. The molecule has 0 saturated carbocycles. The van der Waals surface area contributed by atoms with E-state index in [1.54, 1.807) is 23.1 Å². The molecular weight excluding hydrogens is 329 g/mol. The van der Waals surface area contributed by atoms with Gasteiger partial charge in [0.2, 0.25) is 0 Å². The molecule has 1 saturated heterocycles. The van der Waals surface area contributed by atoms with Crippen LogP contribution in [0.5, 0.6) is 0 Å². The van der Waals surface area contributed by atoms with Gasteiger partial charge in [0, 0.05) is 30.5 Å². The summed E-state index contributed by atoms with van der Waals surface area (Å²) in [5, 5.41) is 11.8. The van der Waals surface area contributed by atoms with Crippen molar-refractivity contribution in [3.8, 4) is 0 Å². The van der Waals surface area contributed by atoms with Crippen LogP contribution in [0.3, 0.4) is 0 Å². The van der Waals surface area contributed by atoms with Crippen molar-refractivity contribution in [2.45, 2.75) is 24.4 Å². The number of carbonyl (C=O) groups is 1. The van der Waals surface area contributed by atoms with Gasteiger partial charge in [0.05, 0.1) is 11.4 Å². The van der Waals surface area contributed by atoms with Crippen LogP contribution in [0.4, 0.5) is 23.7 Å². The first-order chi connectivity index (χ1) is 10.8. The number of aryl methyl sites for hydroxylation is 1. The van der Waals surface area contributed by atoms with Crippen LogP contribution in [0.25, 0.3) is 0 Å². The number of hydrogen-bond acceptors (Lipinski definition) is 3. The Morgan fingerprint density at radius 2 is 2.22 bits per heavy atom. The molecule has 0 spiro atoms. The number of carbonyl (C=O) groups excluding carboxylic acids is 1. The number of likely N-dealkylation sites (tertiary alicyclic amines) is 1. The average Bonchev–Trinajstić information content (AvgIpc) is 2.94. The van der Waals surface area contributed by atoms with Crippen LogP contribution in [0, 0.1) is 12.8 Å². The van der Waals surface area contributed by atoms with Gasteiger partial charge in [-0.25, -0.2) is 4.79 Å². The first-order valence-corrected chi connectivity index (χ1v) is 8.24. The first-order valence-electron chi connectivity index (χ1n) is 7.25. The van der Waals surface area contributed by atoms with Gasteiger partial charge in [0.25, 0.3) is 0 Å². The number of rotatable bonds is 4. The van der Waals surface area contributed by atoms with Crippen molar-refractivity contribution in [2.24, 2.45) is 5.92 Å². The fraction of sp³-hybridized carbons (Fsp3) is 0.533. The summed E-state index contributed by atoms with van der Waals surface area (Å²) >= 11 is 0.654. The summed E-state index contributed by atoms with van der Waals surface area (Å²) in [6.07, 6.45) is -3.53. The standard InChI is InChI=1S/C15H19F3N2O2S/c1-10-2-3-13(23-9-15(16,17)18)12(6-10)19-14(22)20-5-4-11(7-20)8-21/h2-3,6,11,21H,4-5,7-9H2,1H3,(H,19,22). The smallest absolute Gasteiger partial charge is 0.396 e. The topological polar surface area (TPSA) is 52.6 Å². The van der Waals surface area contributed by atoms with Gasteiger partial charge in [-0.3, -0.25) is 0 Å². The van der Waals surface area contributed by atoms with Crippen LogP contribution in [-0.4, -0.2) is 47.7 Å². The highest BCUT2D eigenvalue weighted by atomic mass is 32.2. The molecule has 0 bridgehead atoms. The third-order valence-electron chi connectivity index (χ3n) is 3.60. The predicted octanol–water partition coefficient (Wildman–Crippen LogP) is 3.50. The van der Waals surface area contributed by atoms with Gasteiger partial charge in [-0.1, -0.05) is 6.07 Å². The van der Waals surface area contributed by atoms with Crippen LogP contribution in [0.1, 0.15) is 12.0 Å². The second kappa shape index (κ2) is 7.44. The van der Waals surface area contributed by atoms with Gasteiger partial charge >= 0.3 is 12.2 Å². The van der Waals surface area contributed by atoms with E-state index in [1.807, 2.05) is 6.92 Å². The molecule has 1 atom stereocenters. The predicted molar refractivity (Wildman–Crippen MR) is 83.7 cm³/mol. The number of thioether (sulfide) groups is 1.